The zero-order valence-corrected chi connectivity index (χ0v) is 17.5. The van der Waals surface area contributed by atoms with E-state index in [9.17, 15) is 13.2 Å². The summed E-state index contributed by atoms with van der Waals surface area (Å²) in [5, 5.41) is 6.65. The van der Waals surface area contributed by atoms with Gasteiger partial charge in [0.1, 0.15) is 22.1 Å². The molecule has 1 amide bonds. The van der Waals surface area contributed by atoms with Crippen LogP contribution in [0.5, 0.6) is 0 Å². The van der Waals surface area contributed by atoms with E-state index in [1.165, 1.54) is 4.31 Å². The molecule has 1 aliphatic heterocycles. The minimum Gasteiger partial charge on any atom is -0.465 e. The van der Waals surface area contributed by atoms with E-state index in [-0.39, 0.29) is 22.6 Å². The van der Waals surface area contributed by atoms with Crippen LogP contribution in [0.3, 0.4) is 0 Å². The largest absolute Gasteiger partial charge is 0.465 e. The van der Waals surface area contributed by atoms with Gasteiger partial charge in [0.25, 0.3) is 0 Å². The molecule has 1 saturated heterocycles. The molecule has 0 saturated carbocycles. The van der Waals surface area contributed by atoms with Gasteiger partial charge in [0.05, 0.1) is 6.54 Å². The van der Waals surface area contributed by atoms with Crippen LogP contribution in [0, 0.1) is 32.6 Å². The van der Waals surface area contributed by atoms with Gasteiger partial charge in [-0.1, -0.05) is 12.1 Å². The fraction of sp³-hybridized carbons (Fsp3) is 0.579. The van der Waals surface area contributed by atoms with Crippen LogP contribution in [0.15, 0.2) is 26.0 Å². The summed E-state index contributed by atoms with van der Waals surface area (Å²) in [6.07, 6.45) is 1.27. The molecule has 1 unspecified atom stereocenters. The van der Waals surface area contributed by atoms with Crippen LogP contribution in [-0.4, -0.2) is 36.9 Å². The Morgan fingerprint density at radius 1 is 1.29 bits per heavy atom. The first-order valence-electron chi connectivity index (χ1n) is 9.46. The minimum absolute atomic E-state index is 0.0407. The molecule has 1 N–H and O–H groups in total. The van der Waals surface area contributed by atoms with Gasteiger partial charge >= 0.3 is 0 Å². The van der Waals surface area contributed by atoms with Gasteiger partial charge in [0, 0.05) is 19.0 Å². The van der Waals surface area contributed by atoms with Crippen LogP contribution in [0.2, 0.25) is 0 Å². The molecule has 3 rings (SSSR count). The molecule has 1 aliphatic rings. The molecular weight excluding hydrogens is 382 g/mol. The number of amides is 1. The maximum Gasteiger partial charge on any atom is 0.248 e. The average Bonchev–Trinajstić information content (AvgIpc) is 3.24. The Hall–Kier alpha value is -2.13. The van der Waals surface area contributed by atoms with Gasteiger partial charge in [-0.15, -0.1) is 0 Å². The summed E-state index contributed by atoms with van der Waals surface area (Å²) in [5.74, 6) is 1.73. The van der Waals surface area contributed by atoms with Gasteiger partial charge in [-0.3, -0.25) is 4.79 Å². The van der Waals surface area contributed by atoms with E-state index in [1.807, 2.05) is 26.0 Å². The zero-order valence-electron chi connectivity index (χ0n) is 16.7. The first-order valence-corrected chi connectivity index (χ1v) is 10.9. The lowest BCUT2D eigenvalue weighted by Gasteiger charge is -2.33. The number of piperidine rings is 1. The van der Waals surface area contributed by atoms with Crippen molar-refractivity contribution >= 4 is 15.9 Å². The second-order valence-corrected chi connectivity index (χ2v) is 9.29. The van der Waals surface area contributed by atoms with Gasteiger partial charge in [-0.2, -0.15) is 4.31 Å². The Morgan fingerprint density at radius 2 is 1.96 bits per heavy atom. The van der Waals surface area contributed by atoms with Crippen LogP contribution < -0.4 is 5.32 Å². The molecule has 1 fully saturated rings. The maximum absolute atomic E-state index is 12.9. The first-order chi connectivity index (χ1) is 13.2. The molecule has 28 heavy (non-hydrogen) atoms. The molecule has 2 aromatic heterocycles. The Bertz CT molecular complexity index is 919. The fourth-order valence-electron chi connectivity index (χ4n) is 3.72. The highest BCUT2D eigenvalue weighted by molar-refractivity contribution is 7.89. The summed E-state index contributed by atoms with van der Waals surface area (Å²) in [7, 11) is -3.63. The lowest BCUT2D eigenvalue weighted by Crippen LogP contribution is -2.42. The second-order valence-electron chi connectivity index (χ2n) is 7.41. The number of nitrogens with zero attached hydrogens (tertiary/aromatic N) is 2. The van der Waals surface area contributed by atoms with Crippen molar-refractivity contribution in [3.63, 3.8) is 0 Å². The minimum atomic E-state index is -3.63. The summed E-state index contributed by atoms with van der Waals surface area (Å²) in [4.78, 5) is 12.6. The van der Waals surface area contributed by atoms with E-state index in [0.29, 0.717) is 43.9 Å². The van der Waals surface area contributed by atoms with E-state index >= 15 is 0 Å². The topological polar surface area (TPSA) is 106 Å². The van der Waals surface area contributed by atoms with E-state index in [2.05, 4.69) is 10.5 Å². The Morgan fingerprint density at radius 3 is 2.50 bits per heavy atom. The number of aromatic nitrogens is 1. The van der Waals surface area contributed by atoms with E-state index in [4.69, 9.17) is 8.94 Å². The number of hydrogen-bond donors (Lipinski definition) is 1. The van der Waals surface area contributed by atoms with E-state index < -0.39 is 10.0 Å². The first kappa shape index (κ1) is 20.6. The molecule has 8 nitrogen and oxygen atoms in total. The predicted octanol–water partition coefficient (Wildman–Crippen LogP) is 2.55. The molecule has 9 heteroatoms. The van der Waals surface area contributed by atoms with Crippen molar-refractivity contribution in [1.82, 2.24) is 14.8 Å². The SMILES string of the molecule is Cc1ccc(CNC(=O)C(C)C2CCN(S(=O)(=O)c3c(C)noc3C)CC2)o1. The Balaban J connectivity index is 1.56. The van der Waals surface area contributed by atoms with Crippen molar-refractivity contribution in [2.24, 2.45) is 11.8 Å². The number of sulfonamides is 1. The number of carbonyl (C=O) groups excluding carboxylic acids is 1. The molecule has 3 heterocycles. The summed E-state index contributed by atoms with van der Waals surface area (Å²) >= 11 is 0. The number of hydrogen-bond acceptors (Lipinski definition) is 6. The van der Waals surface area contributed by atoms with Crippen LogP contribution >= 0.6 is 0 Å². The van der Waals surface area contributed by atoms with Crippen molar-refractivity contribution in [3.05, 3.63) is 35.1 Å². The lowest BCUT2D eigenvalue weighted by atomic mass is 9.85. The van der Waals surface area contributed by atoms with Crippen molar-refractivity contribution in [3.8, 4) is 0 Å². The lowest BCUT2D eigenvalue weighted by molar-refractivity contribution is -0.126. The third-order valence-corrected chi connectivity index (χ3v) is 7.56. The highest BCUT2D eigenvalue weighted by atomic mass is 32.2. The standard InChI is InChI=1S/C19H27N3O5S/c1-12-5-6-17(26-12)11-20-19(23)13(2)16-7-9-22(10-8-16)28(24,25)18-14(3)21-27-15(18)4/h5-6,13,16H,7-11H2,1-4H3,(H,20,23). The predicted molar refractivity (Wildman–Crippen MR) is 102 cm³/mol. The zero-order chi connectivity index (χ0) is 20.5. The quantitative estimate of drug-likeness (QED) is 0.786. The molecule has 0 aliphatic carbocycles. The molecule has 2 aromatic rings. The normalized spacial score (nSPS) is 17.6. The molecule has 0 aromatic carbocycles. The summed E-state index contributed by atoms with van der Waals surface area (Å²) in [5.41, 5.74) is 0.375. The Labute approximate surface area is 165 Å². The van der Waals surface area contributed by atoms with Gasteiger partial charge in [0.2, 0.25) is 15.9 Å². The third kappa shape index (κ3) is 4.15. The van der Waals surface area contributed by atoms with Crippen molar-refractivity contribution in [2.45, 2.75) is 52.0 Å². The van der Waals surface area contributed by atoms with Gasteiger partial charge in [-0.05, 0) is 51.7 Å². The van der Waals surface area contributed by atoms with Crippen LogP contribution in [0.4, 0.5) is 0 Å². The maximum atomic E-state index is 12.9. The highest BCUT2D eigenvalue weighted by Gasteiger charge is 2.36. The summed E-state index contributed by atoms with van der Waals surface area (Å²) in [6.45, 7) is 8.11. The number of carbonyl (C=O) groups is 1. The van der Waals surface area contributed by atoms with Crippen molar-refractivity contribution < 1.29 is 22.2 Å². The van der Waals surface area contributed by atoms with E-state index in [0.717, 1.165) is 11.5 Å². The van der Waals surface area contributed by atoms with E-state index in [1.54, 1.807) is 13.8 Å². The third-order valence-electron chi connectivity index (χ3n) is 5.42. The van der Waals surface area contributed by atoms with Gasteiger partial charge in [-0.25, -0.2) is 8.42 Å². The molecule has 1 atom stereocenters. The van der Waals surface area contributed by atoms with Crippen LogP contribution in [0.1, 0.15) is 42.7 Å². The summed E-state index contributed by atoms with van der Waals surface area (Å²) < 4.78 is 37.7. The van der Waals surface area contributed by atoms with Crippen LogP contribution in [0.25, 0.3) is 0 Å². The smallest absolute Gasteiger partial charge is 0.248 e. The molecular formula is C19H27N3O5S. The highest BCUT2D eigenvalue weighted by Crippen LogP contribution is 2.30. The number of nitrogens with one attached hydrogen (secondary N) is 1. The number of aryl methyl sites for hydroxylation is 3. The second kappa shape index (κ2) is 8.08. The number of rotatable bonds is 6. The number of furan rings is 1. The van der Waals surface area contributed by atoms with Crippen molar-refractivity contribution in [1.29, 1.82) is 0 Å². The molecule has 0 bridgehead atoms. The van der Waals surface area contributed by atoms with Gasteiger partial charge < -0.3 is 14.3 Å². The monoisotopic (exact) mass is 409 g/mol. The Kier molecular flexibility index (Phi) is 5.95. The van der Waals surface area contributed by atoms with Gasteiger partial charge in [0.15, 0.2) is 5.76 Å². The molecule has 0 radical (unpaired) electrons. The fourth-order valence-corrected chi connectivity index (χ4v) is 5.48. The van der Waals surface area contributed by atoms with Crippen molar-refractivity contribution in [2.75, 3.05) is 13.1 Å². The molecule has 0 spiro atoms. The molecule has 154 valence electrons. The average molecular weight is 410 g/mol. The summed E-state index contributed by atoms with van der Waals surface area (Å²) in [6, 6.07) is 3.71. The van der Waals surface area contributed by atoms with Crippen LogP contribution in [-0.2, 0) is 21.4 Å².